The molecule has 1 saturated heterocycles. The van der Waals surface area contributed by atoms with Gasteiger partial charge in [0.1, 0.15) is 0 Å². The van der Waals surface area contributed by atoms with Crippen LogP contribution < -0.4 is 14.8 Å². The predicted octanol–water partition coefficient (Wildman–Crippen LogP) is 4.15. The molecular formula is C24H30ClN3O3. The minimum Gasteiger partial charge on any atom is -0.491 e. The van der Waals surface area contributed by atoms with E-state index in [1.165, 1.54) is 11.6 Å². The Morgan fingerprint density at radius 2 is 1.97 bits per heavy atom. The van der Waals surface area contributed by atoms with Crippen LogP contribution in [0, 0.1) is 0 Å². The van der Waals surface area contributed by atoms with Crippen LogP contribution in [0.25, 0.3) is 6.08 Å². The number of halogens is 1. The van der Waals surface area contributed by atoms with E-state index in [9.17, 15) is 4.79 Å². The molecular weight excluding hydrogens is 414 g/mol. The molecule has 0 aliphatic carbocycles. The molecule has 0 saturated carbocycles. The third-order valence-corrected chi connectivity index (χ3v) is 5.44. The van der Waals surface area contributed by atoms with Gasteiger partial charge in [-0.25, -0.2) is 0 Å². The maximum atomic E-state index is 12.4. The summed E-state index contributed by atoms with van der Waals surface area (Å²) in [5.41, 5.74) is 2.73. The molecule has 0 atom stereocenters. The molecule has 0 aromatic heterocycles. The number of nitrogens with zero attached hydrogens (tertiary/aromatic N) is 2. The number of hydrogen-bond donors (Lipinski definition) is 1. The van der Waals surface area contributed by atoms with Crippen molar-refractivity contribution in [1.29, 1.82) is 0 Å². The highest BCUT2D eigenvalue weighted by Crippen LogP contribution is 2.36. The Morgan fingerprint density at radius 3 is 2.68 bits per heavy atom. The molecule has 6 nitrogen and oxygen atoms in total. The molecule has 0 radical (unpaired) electrons. The number of methoxy groups -OCH3 is 1. The van der Waals surface area contributed by atoms with Crippen molar-refractivity contribution in [3.63, 3.8) is 0 Å². The molecule has 1 aliphatic heterocycles. The van der Waals surface area contributed by atoms with E-state index >= 15 is 0 Å². The number of rotatable bonds is 8. The molecule has 0 unspecified atom stereocenters. The normalized spacial score (nSPS) is 15.2. The van der Waals surface area contributed by atoms with E-state index in [0.717, 1.165) is 44.0 Å². The van der Waals surface area contributed by atoms with Gasteiger partial charge in [-0.15, -0.1) is 0 Å². The van der Waals surface area contributed by atoms with Gasteiger partial charge in [0.25, 0.3) is 0 Å². The van der Waals surface area contributed by atoms with Gasteiger partial charge in [0, 0.05) is 44.5 Å². The summed E-state index contributed by atoms with van der Waals surface area (Å²) in [7, 11) is 3.70. The first-order valence-corrected chi connectivity index (χ1v) is 10.9. The second-order valence-electron chi connectivity index (χ2n) is 7.57. The van der Waals surface area contributed by atoms with Crippen LogP contribution in [0.2, 0.25) is 5.02 Å². The molecule has 31 heavy (non-hydrogen) atoms. The molecule has 2 aromatic carbocycles. The van der Waals surface area contributed by atoms with Gasteiger partial charge < -0.3 is 19.7 Å². The minimum absolute atomic E-state index is 0.207. The molecule has 0 bridgehead atoms. The molecule has 1 fully saturated rings. The number of carbonyl (C=O) groups excluding carboxylic acids is 1. The number of amides is 1. The highest BCUT2D eigenvalue weighted by molar-refractivity contribution is 6.32. The second kappa shape index (κ2) is 11.2. The highest BCUT2D eigenvalue weighted by Gasteiger charge is 2.14. The Bertz CT molecular complexity index is 924. The van der Waals surface area contributed by atoms with E-state index < -0.39 is 0 Å². The van der Waals surface area contributed by atoms with E-state index in [4.69, 9.17) is 21.1 Å². The van der Waals surface area contributed by atoms with Crippen LogP contribution >= 0.6 is 11.6 Å². The van der Waals surface area contributed by atoms with Gasteiger partial charge in [-0.1, -0.05) is 23.7 Å². The van der Waals surface area contributed by atoms with Gasteiger partial charge in [0.2, 0.25) is 5.91 Å². The van der Waals surface area contributed by atoms with E-state index in [0.29, 0.717) is 23.1 Å². The van der Waals surface area contributed by atoms with Crippen LogP contribution in [0.5, 0.6) is 11.5 Å². The van der Waals surface area contributed by atoms with Gasteiger partial charge in [-0.05, 0) is 55.4 Å². The topological polar surface area (TPSA) is 54.0 Å². The van der Waals surface area contributed by atoms with Crippen LogP contribution in [0.3, 0.4) is 0 Å². The molecule has 3 rings (SSSR count). The summed E-state index contributed by atoms with van der Waals surface area (Å²) in [4.78, 5) is 17.2. The second-order valence-corrected chi connectivity index (χ2v) is 7.98. The lowest BCUT2D eigenvalue weighted by Crippen LogP contribution is -2.43. The van der Waals surface area contributed by atoms with Crippen LogP contribution in [0.4, 0.5) is 5.69 Å². The average Bonchev–Trinajstić information content (AvgIpc) is 2.74. The molecule has 1 amide bonds. The summed E-state index contributed by atoms with van der Waals surface area (Å²) in [6.45, 7) is 7.56. The molecule has 1 heterocycles. The summed E-state index contributed by atoms with van der Waals surface area (Å²) in [6, 6.07) is 11.5. The van der Waals surface area contributed by atoms with Gasteiger partial charge >= 0.3 is 0 Å². The van der Waals surface area contributed by atoms with Crippen molar-refractivity contribution in [3.8, 4) is 11.5 Å². The first-order valence-electron chi connectivity index (χ1n) is 10.5. The Labute approximate surface area is 189 Å². The van der Waals surface area contributed by atoms with Gasteiger partial charge in [0.15, 0.2) is 11.5 Å². The van der Waals surface area contributed by atoms with E-state index in [2.05, 4.69) is 28.2 Å². The van der Waals surface area contributed by atoms with Crippen molar-refractivity contribution in [3.05, 3.63) is 58.6 Å². The number of piperazine rings is 1. The molecule has 0 spiro atoms. The van der Waals surface area contributed by atoms with Crippen LogP contribution in [-0.2, 0) is 11.3 Å². The molecule has 2 aromatic rings. The van der Waals surface area contributed by atoms with Crippen LogP contribution in [0.15, 0.2) is 42.5 Å². The fourth-order valence-corrected chi connectivity index (χ4v) is 3.81. The van der Waals surface area contributed by atoms with Crippen molar-refractivity contribution in [2.24, 2.45) is 0 Å². The van der Waals surface area contributed by atoms with Crippen molar-refractivity contribution in [2.75, 3.05) is 52.3 Å². The Balaban J connectivity index is 1.62. The standard InChI is InChI=1S/C24H30ClN3O3/c1-4-31-22-16-18(15-21(25)24(22)30-3)8-9-23(29)26-20-7-5-6-19(14-20)17-28-12-10-27(2)11-13-28/h5-9,14-16H,4,10-13,17H2,1-3H3,(H,26,29)/b9-8+. The van der Waals surface area contributed by atoms with Gasteiger partial charge in [-0.3, -0.25) is 9.69 Å². The zero-order valence-corrected chi connectivity index (χ0v) is 19.1. The quantitative estimate of drug-likeness (QED) is 0.621. The average molecular weight is 444 g/mol. The van der Waals surface area contributed by atoms with Crippen molar-refractivity contribution >= 4 is 29.3 Å². The van der Waals surface area contributed by atoms with Gasteiger partial charge in [-0.2, -0.15) is 0 Å². The summed E-state index contributed by atoms with van der Waals surface area (Å²) >= 11 is 6.27. The molecule has 7 heteroatoms. The first kappa shape index (κ1) is 23.1. The summed E-state index contributed by atoms with van der Waals surface area (Å²) in [5.74, 6) is 0.832. The predicted molar refractivity (Wildman–Crippen MR) is 126 cm³/mol. The minimum atomic E-state index is -0.207. The fraction of sp³-hybridized carbons (Fsp3) is 0.375. The molecule has 1 N–H and O–H groups in total. The number of likely N-dealkylation sites (N-methyl/N-ethyl adjacent to an activating group) is 1. The summed E-state index contributed by atoms with van der Waals surface area (Å²) in [6.07, 6.45) is 3.19. The number of ether oxygens (including phenoxy) is 2. The number of carbonyl (C=O) groups is 1. The number of benzene rings is 2. The Morgan fingerprint density at radius 1 is 1.19 bits per heavy atom. The summed E-state index contributed by atoms with van der Waals surface area (Å²) in [5, 5.41) is 3.37. The van der Waals surface area contributed by atoms with Crippen LogP contribution in [-0.4, -0.2) is 62.7 Å². The van der Waals surface area contributed by atoms with Crippen molar-refractivity contribution in [2.45, 2.75) is 13.5 Å². The zero-order valence-electron chi connectivity index (χ0n) is 18.4. The monoisotopic (exact) mass is 443 g/mol. The maximum Gasteiger partial charge on any atom is 0.248 e. The van der Waals surface area contributed by atoms with Gasteiger partial charge in [0.05, 0.1) is 18.7 Å². The zero-order chi connectivity index (χ0) is 22.2. The van der Waals surface area contributed by atoms with E-state index in [1.54, 1.807) is 25.3 Å². The maximum absolute atomic E-state index is 12.4. The molecule has 1 aliphatic rings. The van der Waals surface area contributed by atoms with Crippen molar-refractivity contribution in [1.82, 2.24) is 9.80 Å². The number of anilines is 1. The lowest BCUT2D eigenvalue weighted by molar-refractivity contribution is -0.111. The SMILES string of the molecule is CCOc1cc(/C=C/C(=O)Nc2cccc(CN3CCN(C)CC3)c2)cc(Cl)c1OC. The molecule has 166 valence electrons. The van der Waals surface area contributed by atoms with Crippen LogP contribution in [0.1, 0.15) is 18.1 Å². The summed E-state index contributed by atoms with van der Waals surface area (Å²) < 4.78 is 10.9. The highest BCUT2D eigenvalue weighted by atomic mass is 35.5. The Hall–Kier alpha value is -2.54. The largest absolute Gasteiger partial charge is 0.491 e. The third-order valence-electron chi connectivity index (χ3n) is 5.16. The number of hydrogen-bond acceptors (Lipinski definition) is 5. The Kier molecular flexibility index (Phi) is 8.35. The smallest absolute Gasteiger partial charge is 0.248 e. The lowest BCUT2D eigenvalue weighted by atomic mass is 10.1. The lowest BCUT2D eigenvalue weighted by Gasteiger charge is -2.32. The third kappa shape index (κ3) is 6.72. The van der Waals surface area contributed by atoms with E-state index in [-0.39, 0.29) is 5.91 Å². The fourth-order valence-electron chi connectivity index (χ4n) is 3.51. The van der Waals surface area contributed by atoms with Crippen molar-refractivity contribution < 1.29 is 14.3 Å². The van der Waals surface area contributed by atoms with E-state index in [1.807, 2.05) is 25.1 Å². The first-order chi connectivity index (χ1) is 15.0. The number of nitrogens with one attached hydrogen (secondary N) is 1.